The van der Waals surface area contributed by atoms with Gasteiger partial charge in [-0.25, -0.2) is 0 Å². The van der Waals surface area contributed by atoms with Gasteiger partial charge in [-0.1, -0.05) is 54.6 Å². The second-order valence-electron chi connectivity index (χ2n) is 8.31. The van der Waals surface area contributed by atoms with Crippen molar-refractivity contribution in [3.05, 3.63) is 82.9 Å². The minimum Gasteiger partial charge on any atom is -0.496 e. The van der Waals surface area contributed by atoms with E-state index in [1.165, 1.54) is 38.8 Å². The molecule has 3 aromatic carbocycles. The molecule has 0 amide bonds. The van der Waals surface area contributed by atoms with Crippen LogP contribution in [-0.2, 0) is 4.74 Å². The van der Waals surface area contributed by atoms with E-state index in [0.29, 0.717) is 0 Å². The van der Waals surface area contributed by atoms with Gasteiger partial charge in [-0.2, -0.15) is 0 Å². The second-order valence-corrected chi connectivity index (χ2v) is 8.31. The lowest BCUT2D eigenvalue weighted by molar-refractivity contribution is 0.0390. The Kier molecular flexibility index (Phi) is 5.63. The predicted octanol–water partition coefficient (Wildman–Crippen LogP) is 5.90. The number of morpholine rings is 1. The molecule has 1 saturated heterocycles. The maximum Gasteiger partial charge on any atom is 0.126 e. The number of fused-ring (bicyclic) bond motifs is 2. The Morgan fingerprint density at radius 2 is 1.61 bits per heavy atom. The van der Waals surface area contributed by atoms with Crippen LogP contribution >= 0.6 is 0 Å². The highest BCUT2D eigenvalue weighted by atomic mass is 16.5. The van der Waals surface area contributed by atoms with Crippen LogP contribution in [0.5, 0.6) is 5.75 Å². The van der Waals surface area contributed by atoms with Gasteiger partial charge in [0.2, 0.25) is 0 Å². The molecule has 0 radical (unpaired) electrons. The molecule has 3 nitrogen and oxygen atoms in total. The lowest BCUT2D eigenvalue weighted by atomic mass is 9.97. The molecule has 3 heteroatoms. The van der Waals surface area contributed by atoms with Crippen LogP contribution < -0.4 is 4.74 Å². The Balaban J connectivity index is 1.55. The minimum atomic E-state index is 0.852. The van der Waals surface area contributed by atoms with Crippen molar-refractivity contribution >= 4 is 28.0 Å². The summed E-state index contributed by atoms with van der Waals surface area (Å²) in [6.07, 6.45) is 3.43. The van der Waals surface area contributed by atoms with Crippen molar-refractivity contribution in [2.45, 2.75) is 13.3 Å². The molecule has 0 atom stereocenters. The van der Waals surface area contributed by atoms with Crippen molar-refractivity contribution in [2.75, 3.05) is 40.0 Å². The summed E-state index contributed by atoms with van der Waals surface area (Å²) in [6, 6.07) is 21.6. The monoisotopic (exact) mass is 411 g/mol. The van der Waals surface area contributed by atoms with Crippen molar-refractivity contribution in [1.29, 1.82) is 0 Å². The van der Waals surface area contributed by atoms with Gasteiger partial charge in [0.05, 0.1) is 20.3 Å². The fourth-order valence-corrected chi connectivity index (χ4v) is 4.90. The van der Waals surface area contributed by atoms with Crippen molar-refractivity contribution in [2.24, 2.45) is 0 Å². The molecule has 31 heavy (non-hydrogen) atoms. The summed E-state index contributed by atoms with van der Waals surface area (Å²) < 4.78 is 11.1. The van der Waals surface area contributed by atoms with Gasteiger partial charge in [0, 0.05) is 25.0 Å². The highest BCUT2D eigenvalue weighted by molar-refractivity contribution is 6.08. The number of ether oxygens (including phenoxy) is 2. The largest absolute Gasteiger partial charge is 0.496 e. The van der Waals surface area contributed by atoms with Crippen LogP contribution in [0.15, 0.2) is 66.2 Å². The van der Waals surface area contributed by atoms with E-state index in [0.717, 1.165) is 50.4 Å². The molecule has 0 aromatic heterocycles. The highest BCUT2D eigenvalue weighted by Gasteiger charge is 2.24. The second kappa shape index (κ2) is 8.70. The molecule has 1 aliphatic carbocycles. The molecule has 0 spiro atoms. The molecule has 1 heterocycles. The first-order valence-electron chi connectivity index (χ1n) is 11.1. The first kappa shape index (κ1) is 20.0. The number of nitrogens with zero attached hydrogens (tertiary/aromatic N) is 1. The van der Waals surface area contributed by atoms with Crippen molar-refractivity contribution in [3.63, 3.8) is 0 Å². The topological polar surface area (TPSA) is 21.7 Å². The van der Waals surface area contributed by atoms with Gasteiger partial charge in [0.25, 0.3) is 0 Å². The van der Waals surface area contributed by atoms with E-state index in [9.17, 15) is 0 Å². The molecule has 2 aliphatic rings. The van der Waals surface area contributed by atoms with Crippen LogP contribution in [-0.4, -0.2) is 44.9 Å². The SMILES string of the molecule is COc1ccc(/C=C2/C(C)=C(CCN3CCOCC3)c3ccccc32)c2ccccc12. The average molecular weight is 412 g/mol. The van der Waals surface area contributed by atoms with Gasteiger partial charge in [0.15, 0.2) is 0 Å². The molecule has 0 bridgehead atoms. The van der Waals surface area contributed by atoms with Gasteiger partial charge < -0.3 is 9.47 Å². The number of rotatable bonds is 5. The van der Waals surface area contributed by atoms with E-state index in [4.69, 9.17) is 9.47 Å². The van der Waals surface area contributed by atoms with Crippen molar-refractivity contribution < 1.29 is 9.47 Å². The fraction of sp³-hybridized carbons (Fsp3) is 0.286. The number of hydrogen-bond acceptors (Lipinski definition) is 3. The first-order chi connectivity index (χ1) is 15.3. The first-order valence-corrected chi connectivity index (χ1v) is 11.1. The highest BCUT2D eigenvalue weighted by Crippen LogP contribution is 2.44. The third-order valence-electron chi connectivity index (χ3n) is 6.62. The summed E-state index contributed by atoms with van der Waals surface area (Å²) in [7, 11) is 1.74. The number of methoxy groups -OCH3 is 1. The number of benzene rings is 3. The van der Waals surface area contributed by atoms with E-state index < -0.39 is 0 Å². The molecule has 5 rings (SSSR count). The van der Waals surface area contributed by atoms with Gasteiger partial charge in [-0.3, -0.25) is 4.90 Å². The minimum absolute atomic E-state index is 0.852. The lowest BCUT2D eigenvalue weighted by Gasteiger charge is -2.26. The molecule has 0 N–H and O–H groups in total. The molecule has 1 aliphatic heterocycles. The third kappa shape index (κ3) is 3.80. The van der Waals surface area contributed by atoms with E-state index in [2.05, 4.69) is 78.6 Å². The molecule has 158 valence electrons. The summed E-state index contributed by atoms with van der Waals surface area (Å²) in [4.78, 5) is 2.52. The third-order valence-corrected chi connectivity index (χ3v) is 6.62. The number of allylic oxidation sites excluding steroid dienone is 2. The van der Waals surface area contributed by atoms with Gasteiger partial charge in [0.1, 0.15) is 5.75 Å². The maximum absolute atomic E-state index is 5.59. The molecular formula is C28H29NO2. The summed E-state index contributed by atoms with van der Waals surface area (Å²) >= 11 is 0. The average Bonchev–Trinajstić information content (AvgIpc) is 3.09. The number of hydrogen-bond donors (Lipinski definition) is 0. The Labute approximate surface area is 184 Å². The molecule has 0 unspecified atom stereocenters. The van der Waals surface area contributed by atoms with Crippen molar-refractivity contribution in [1.82, 2.24) is 4.90 Å². The van der Waals surface area contributed by atoms with Crippen LogP contribution in [0, 0.1) is 0 Å². The standard InChI is InChI=1S/C28H29NO2/c1-20-22(13-14-29-15-17-31-18-16-29)24-8-4-5-9-25(24)27(20)19-21-11-12-28(30-2)26-10-6-3-7-23(21)26/h3-12,19H,13-18H2,1-2H3/b27-19-. The maximum atomic E-state index is 5.59. The van der Waals surface area contributed by atoms with Crippen LogP contribution in [0.25, 0.3) is 28.0 Å². The zero-order chi connectivity index (χ0) is 21.2. The van der Waals surface area contributed by atoms with Crippen molar-refractivity contribution in [3.8, 4) is 5.75 Å². The van der Waals surface area contributed by atoms with Crippen LogP contribution in [0.3, 0.4) is 0 Å². The summed E-state index contributed by atoms with van der Waals surface area (Å²) in [6.45, 7) is 7.15. The fourth-order valence-electron chi connectivity index (χ4n) is 4.90. The van der Waals surface area contributed by atoms with E-state index >= 15 is 0 Å². The zero-order valence-corrected chi connectivity index (χ0v) is 18.4. The zero-order valence-electron chi connectivity index (χ0n) is 18.4. The van der Waals surface area contributed by atoms with Gasteiger partial charge in [-0.15, -0.1) is 0 Å². The Morgan fingerprint density at radius 3 is 2.39 bits per heavy atom. The summed E-state index contributed by atoms with van der Waals surface area (Å²) in [5.41, 5.74) is 8.17. The molecule has 3 aromatic rings. The van der Waals surface area contributed by atoms with Crippen LogP contribution in [0.4, 0.5) is 0 Å². The normalized spacial score (nSPS) is 18.1. The Bertz CT molecular complexity index is 1170. The van der Waals surface area contributed by atoms with E-state index in [1.807, 2.05) is 0 Å². The van der Waals surface area contributed by atoms with Gasteiger partial charge in [-0.05, 0) is 64.3 Å². The van der Waals surface area contributed by atoms with Crippen LogP contribution in [0.2, 0.25) is 0 Å². The summed E-state index contributed by atoms with van der Waals surface area (Å²) in [5, 5.41) is 2.38. The molecule has 1 fully saturated rings. The van der Waals surface area contributed by atoms with E-state index in [-0.39, 0.29) is 0 Å². The van der Waals surface area contributed by atoms with Crippen LogP contribution in [0.1, 0.15) is 30.0 Å². The van der Waals surface area contributed by atoms with E-state index in [1.54, 1.807) is 7.11 Å². The molecule has 0 saturated carbocycles. The van der Waals surface area contributed by atoms with Gasteiger partial charge >= 0.3 is 0 Å². The Morgan fingerprint density at radius 1 is 0.903 bits per heavy atom. The lowest BCUT2D eigenvalue weighted by Crippen LogP contribution is -2.36. The summed E-state index contributed by atoms with van der Waals surface area (Å²) in [5.74, 6) is 0.919. The Hall–Kier alpha value is -2.88. The molecular weight excluding hydrogens is 382 g/mol. The predicted molar refractivity (Wildman–Crippen MR) is 129 cm³/mol. The quantitative estimate of drug-likeness (QED) is 0.522. The smallest absolute Gasteiger partial charge is 0.126 e.